The molecule has 0 bridgehead atoms. The van der Waals surface area contributed by atoms with E-state index in [1.54, 1.807) is 26.0 Å². The fourth-order valence-electron chi connectivity index (χ4n) is 5.31. The van der Waals surface area contributed by atoms with Crippen molar-refractivity contribution in [2.24, 2.45) is 11.8 Å². The fraction of sp³-hybridized carbons (Fsp3) is 0.667. The van der Waals surface area contributed by atoms with Gasteiger partial charge < -0.3 is 34.2 Å². The number of esters is 3. The molecule has 18 heteroatoms. The summed E-state index contributed by atoms with van der Waals surface area (Å²) >= 11 is 0. The van der Waals surface area contributed by atoms with Crippen LogP contribution >= 0.6 is 8.18 Å². The summed E-state index contributed by atoms with van der Waals surface area (Å²) in [5.74, 6) is -2.98. The molecule has 4 heterocycles. The third-order valence-corrected chi connectivity index (χ3v) is 9.05. The molecule has 2 aliphatic rings. The van der Waals surface area contributed by atoms with Gasteiger partial charge in [-0.15, -0.1) is 4.52 Å². The first-order valence-corrected chi connectivity index (χ1v) is 16.8. The van der Waals surface area contributed by atoms with Gasteiger partial charge in [0.2, 0.25) is 5.60 Å². The second kappa shape index (κ2) is 17.0. The zero-order valence-electron chi connectivity index (χ0n) is 27.4. The van der Waals surface area contributed by atoms with Crippen LogP contribution in [0.1, 0.15) is 58.3 Å². The molecule has 4 rings (SSSR count). The van der Waals surface area contributed by atoms with Gasteiger partial charge in [-0.05, 0) is 63.2 Å². The number of carbonyl (C=O) groups excluding carboxylic acids is 3. The van der Waals surface area contributed by atoms with Crippen LogP contribution in [0.25, 0.3) is 5.52 Å². The number of nitrogens with two attached hydrogens (primary N) is 1. The van der Waals surface area contributed by atoms with Gasteiger partial charge in [-0.3, -0.25) is 14.4 Å². The smallest absolute Gasteiger partial charge is 0.462 e. The van der Waals surface area contributed by atoms with E-state index in [0.717, 1.165) is 0 Å². The van der Waals surface area contributed by atoms with Gasteiger partial charge in [0.15, 0.2) is 24.6 Å². The highest BCUT2D eigenvalue weighted by Gasteiger charge is 2.53. The van der Waals surface area contributed by atoms with Crippen molar-refractivity contribution in [1.82, 2.24) is 19.7 Å². The predicted molar refractivity (Wildman–Crippen MR) is 166 cm³/mol. The summed E-state index contributed by atoms with van der Waals surface area (Å²) in [4.78, 5) is 43.7. The highest BCUT2D eigenvalue weighted by atomic mass is 31.1. The Bertz CT molecular complexity index is 1490. The van der Waals surface area contributed by atoms with Crippen molar-refractivity contribution < 1.29 is 51.9 Å². The number of nitrogens with one attached hydrogen (secondary N) is 1. The van der Waals surface area contributed by atoms with Gasteiger partial charge in [-0.25, -0.2) is 9.50 Å². The normalized spacial score (nSPS) is 19.5. The number of rotatable bonds is 15. The number of anilines is 1. The molecule has 0 aliphatic carbocycles. The van der Waals surface area contributed by atoms with Crippen LogP contribution in [0.3, 0.4) is 0 Å². The molecular formula is C30H42N6O11P+. The Morgan fingerprint density at radius 1 is 1.06 bits per heavy atom. The number of carbonyl (C=O) groups is 3. The Morgan fingerprint density at radius 2 is 1.67 bits per heavy atom. The van der Waals surface area contributed by atoms with Crippen LogP contribution < -0.4 is 10.8 Å². The molecule has 0 aromatic carbocycles. The monoisotopic (exact) mass is 693 g/mol. The molecule has 2 aromatic heterocycles. The Morgan fingerprint density at radius 3 is 2.23 bits per heavy atom. The van der Waals surface area contributed by atoms with E-state index >= 15 is 0 Å². The minimum Gasteiger partial charge on any atom is -0.462 e. The Balaban J connectivity index is 1.74. The topological polar surface area (TPSA) is 225 Å². The number of methoxy groups -OCH3 is 1. The average Bonchev–Trinajstić information content (AvgIpc) is 3.53. The highest BCUT2D eigenvalue weighted by molar-refractivity contribution is 7.36. The molecular weight excluding hydrogens is 651 g/mol. The molecule has 0 saturated carbocycles. The first-order chi connectivity index (χ1) is 23.0. The highest BCUT2D eigenvalue weighted by Crippen LogP contribution is 2.38. The summed E-state index contributed by atoms with van der Waals surface area (Å²) in [7, 11) is -1.61. The number of fused-ring (bicyclic) bond motifs is 1. The van der Waals surface area contributed by atoms with Crippen LogP contribution in [0, 0.1) is 23.2 Å². The largest absolute Gasteiger partial charge is 0.613 e. The first kappa shape index (κ1) is 37.0. The number of nitrogen functional groups attached to an aromatic ring is 1. The molecule has 5 atom stereocenters. The van der Waals surface area contributed by atoms with Gasteiger partial charge in [0.1, 0.15) is 24.0 Å². The molecule has 2 saturated heterocycles. The Kier molecular flexibility index (Phi) is 13.2. The lowest BCUT2D eigenvalue weighted by Crippen LogP contribution is -2.54. The standard InChI is InChI=1S/C30H42N6O11P/c1-18(2)45-27(37)19(3)35-48(40)44-16-30(15-31,41-4)25(47-29(39)21-9-13-43-14-10-21)24(46-28(38)20-7-11-42-12-8-20)22-5-6-23-26(32)33-17-34-36(22)23/h5-6,17-21,24-25H,7-14,16H2,1-4H3,(H,35,40)(H2,32,33,34)/q+1/t19-,24-,25-,30+/m0/s1. The van der Waals surface area contributed by atoms with Crippen LogP contribution in [-0.4, -0.2) is 96.5 Å². The Labute approximate surface area is 278 Å². The Hall–Kier alpha value is -3.78. The molecule has 2 fully saturated rings. The summed E-state index contributed by atoms with van der Waals surface area (Å²) in [6.07, 6.45) is -0.894. The van der Waals surface area contributed by atoms with E-state index in [4.69, 9.17) is 38.7 Å². The number of aromatic nitrogens is 3. The maximum Gasteiger partial charge on any atom is 0.613 e. The average molecular weight is 694 g/mol. The number of hydrogen-bond donors (Lipinski definition) is 2. The molecule has 0 radical (unpaired) electrons. The zero-order valence-corrected chi connectivity index (χ0v) is 28.3. The van der Waals surface area contributed by atoms with Crippen molar-refractivity contribution in [3.8, 4) is 6.07 Å². The van der Waals surface area contributed by atoms with Crippen molar-refractivity contribution in [3.05, 3.63) is 24.2 Å². The summed E-state index contributed by atoms with van der Waals surface area (Å²) in [6, 6.07) is 4.13. The lowest BCUT2D eigenvalue weighted by Gasteiger charge is -2.37. The van der Waals surface area contributed by atoms with Crippen molar-refractivity contribution in [1.29, 1.82) is 5.26 Å². The van der Waals surface area contributed by atoms with Crippen LogP contribution in [0.5, 0.6) is 0 Å². The number of nitrogens with zero attached hydrogens (tertiary/aromatic N) is 4. The van der Waals surface area contributed by atoms with Gasteiger partial charge in [-0.1, -0.05) is 5.09 Å². The predicted octanol–water partition coefficient (Wildman–Crippen LogP) is 2.17. The van der Waals surface area contributed by atoms with E-state index in [0.29, 0.717) is 57.6 Å². The molecule has 1 unspecified atom stereocenters. The molecule has 2 aromatic rings. The second-order valence-corrected chi connectivity index (χ2v) is 12.8. The van der Waals surface area contributed by atoms with E-state index in [1.165, 1.54) is 24.9 Å². The maximum absolute atomic E-state index is 13.7. The van der Waals surface area contributed by atoms with E-state index in [1.807, 2.05) is 6.07 Å². The number of ether oxygens (including phenoxy) is 6. The number of nitriles is 1. The van der Waals surface area contributed by atoms with Crippen LogP contribution in [0.4, 0.5) is 5.82 Å². The van der Waals surface area contributed by atoms with Crippen molar-refractivity contribution in [3.63, 3.8) is 0 Å². The molecule has 17 nitrogen and oxygen atoms in total. The summed E-state index contributed by atoms with van der Waals surface area (Å²) in [5.41, 5.74) is 4.43. The minimum absolute atomic E-state index is 0.122. The van der Waals surface area contributed by atoms with E-state index in [-0.39, 0.29) is 11.5 Å². The van der Waals surface area contributed by atoms with E-state index in [9.17, 15) is 24.2 Å². The summed E-state index contributed by atoms with van der Waals surface area (Å²) < 4.78 is 53.8. The third-order valence-electron chi connectivity index (χ3n) is 8.09. The summed E-state index contributed by atoms with van der Waals surface area (Å²) in [6.45, 7) is 5.38. The van der Waals surface area contributed by atoms with Crippen LogP contribution in [-0.2, 0) is 51.9 Å². The molecule has 3 N–H and O–H groups in total. The first-order valence-electron chi connectivity index (χ1n) is 15.7. The van der Waals surface area contributed by atoms with Crippen LogP contribution in [0.15, 0.2) is 18.5 Å². The van der Waals surface area contributed by atoms with Gasteiger partial charge in [0, 0.05) is 33.5 Å². The number of hydrogen-bond acceptors (Lipinski definition) is 15. The third kappa shape index (κ3) is 9.01. The molecule has 0 spiro atoms. The maximum atomic E-state index is 13.7. The van der Waals surface area contributed by atoms with Crippen molar-refractivity contribution >= 4 is 37.4 Å². The van der Waals surface area contributed by atoms with Gasteiger partial charge in [0.25, 0.3) is 0 Å². The van der Waals surface area contributed by atoms with Gasteiger partial charge in [-0.2, -0.15) is 10.4 Å². The molecule has 262 valence electrons. The fourth-order valence-corrected chi connectivity index (χ4v) is 6.12. The van der Waals surface area contributed by atoms with Crippen molar-refractivity contribution in [2.75, 3.05) is 45.9 Å². The SMILES string of the molecule is CO[C@](C#N)(CO[P+](=O)N[C@@H](C)C(=O)OC(C)C)[C@@H](OC(=O)C1CCOCC1)[C@@H](OC(=O)C1CCOCC1)c1ccc2c(N)ncnn12. The molecule has 48 heavy (non-hydrogen) atoms. The van der Waals surface area contributed by atoms with Crippen LogP contribution in [0.2, 0.25) is 0 Å². The lowest BCUT2D eigenvalue weighted by molar-refractivity contribution is -0.200. The minimum atomic E-state index is -2.79. The zero-order chi connectivity index (χ0) is 34.8. The summed E-state index contributed by atoms with van der Waals surface area (Å²) in [5, 5.41) is 17.4. The van der Waals surface area contributed by atoms with E-state index < -0.39 is 74.5 Å². The van der Waals surface area contributed by atoms with Gasteiger partial charge >= 0.3 is 26.1 Å². The molecule has 2 aliphatic heterocycles. The second-order valence-electron chi connectivity index (χ2n) is 11.8. The van der Waals surface area contributed by atoms with Gasteiger partial charge in [0.05, 0.1) is 23.6 Å². The molecule has 0 amide bonds. The quantitative estimate of drug-likeness (QED) is 0.155. The van der Waals surface area contributed by atoms with Crippen molar-refractivity contribution in [2.45, 2.75) is 76.4 Å². The lowest BCUT2D eigenvalue weighted by atomic mass is 9.91. The van der Waals surface area contributed by atoms with E-state index in [2.05, 4.69) is 15.2 Å².